The minimum absolute atomic E-state index is 0.142. The van der Waals surface area contributed by atoms with Crippen molar-refractivity contribution in [2.24, 2.45) is 11.8 Å². The summed E-state index contributed by atoms with van der Waals surface area (Å²) in [5, 5.41) is 6.95. The number of ether oxygens (including phenoxy) is 1. The quantitative estimate of drug-likeness (QED) is 0.804. The lowest BCUT2D eigenvalue weighted by Gasteiger charge is -2.55. The molecule has 3 saturated heterocycles. The average molecular weight is 399 g/mol. The van der Waals surface area contributed by atoms with Crippen LogP contribution in [0.4, 0.5) is 0 Å². The molecule has 1 aromatic carbocycles. The molecule has 4 aliphatic heterocycles. The highest BCUT2D eigenvalue weighted by Gasteiger charge is 2.45. The topological polar surface area (TPSA) is 56.8 Å². The van der Waals surface area contributed by atoms with Crippen molar-refractivity contribution in [3.05, 3.63) is 29.8 Å². The van der Waals surface area contributed by atoms with Crippen molar-refractivity contribution < 1.29 is 9.53 Å². The van der Waals surface area contributed by atoms with Gasteiger partial charge in [0.1, 0.15) is 12.4 Å². The van der Waals surface area contributed by atoms with Gasteiger partial charge in [0.15, 0.2) is 0 Å². The zero-order valence-corrected chi connectivity index (χ0v) is 17.3. The highest BCUT2D eigenvalue weighted by atomic mass is 16.5. The number of piperidine rings is 3. The second-order valence-corrected chi connectivity index (χ2v) is 9.25. The Morgan fingerprint density at radius 3 is 3.03 bits per heavy atom. The Morgan fingerprint density at radius 2 is 2.07 bits per heavy atom. The smallest absolute Gasteiger partial charge is 0.234 e. The molecule has 0 radical (unpaired) electrons. The summed E-state index contributed by atoms with van der Waals surface area (Å²) in [5.41, 5.74) is 1.17. The predicted molar refractivity (Wildman–Crippen MR) is 113 cm³/mol. The molecule has 4 atom stereocenters. The van der Waals surface area contributed by atoms with Gasteiger partial charge in [-0.3, -0.25) is 14.6 Å². The van der Waals surface area contributed by atoms with E-state index in [0.717, 1.165) is 37.8 Å². The van der Waals surface area contributed by atoms with E-state index in [2.05, 4.69) is 26.5 Å². The fourth-order valence-electron chi connectivity index (χ4n) is 6.04. The molecular weight excluding hydrogens is 364 g/mol. The molecule has 0 spiro atoms. The van der Waals surface area contributed by atoms with Gasteiger partial charge >= 0.3 is 0 Å². The Morgan fingerprint density at radius 1 is 1.17 bits per heavy atom. The van der Waals surface area contributed by atoms with E-state index in [0.29, 0.717) is 31.2 Å². The monoisotopic (exact) mass is 398 g/mol. The van der Waals surface area contributed by atoms with E-state index in [-0.39, 0.29) is 5.91 Å². The van der Waals surface area contributed by atoms with Gasteiger partial charge in [-0.15, -0.1) is 0 Å². The number of para-hydroxylation sites is 1. The van der Waals surface area contributed by atoms with Gasteiger partial charge in [-0.25, -0.2) is 0 Å². The largest absolute Gasteiger partial charge is 0.492 e. The lowest BCUT2D eigenvalue weighted by atomic mass is 9.73. The third-order valence-electron chi connectivity index (χ3n) is 7.43. The standard InChI is InChI=1S/C23H34N4O2/c28-23(16-26-9-10-29-22-7-2-1-5-17(22)15-26)25-14-21-19-11-18(12-24-13-19)20-6-3-4-8-27(20)21/h1-2,5,7,18-21,24H,3-4,6,8-16H2,(H,25,28)/t18-,19+,20+,21+/m1/s1. The average Bonchev–Trinajstić information content (AvgIpc) is 2.95. The molecule has 2 N–H and O–H groups in total. The Balaban J connectivity index is 1.18. The number of nitrogens with one attached hydrogen (secondary N) is 2. The number of hydrogen-bond donors (Lipinski definition) is 2. The van der Waals surface area contributed by atoms with Gasteiger partial charge < -0.3 is 15.4 Å². The minimum atomic E-state index is 0.142. The van der Waals surface area contributed by atoms with Crippen LogP contribution >= 0.6 is 0 Å². The van der Waals surface area contributed by atoms with E-state index in [1.165, 1.54) is 44.3 Å². The summed E-state index contributed by atoms with van der Waals surface area (Å²) >= 11 is 0. The zero-order chi connectivity index (χ0) is 19.6. The van der Waals surface area contributed by atoms with Crippen LogP contribution in [-0.4, -0.2) is 73.7 Å². The molecule has 3 fully saturated rings. The first-order valence-corrected chi connectivity index (χ1v) is 11.4. The van der Waals surface area contributed by atoms with E-state index in [9.17, 15) is 4.79 Å². The van der Waals surface area contributed by atoms with E-state index >= 15 is 0 Å². The Kier molecular flexibility index (Phi) is 5.75. The van der Waals surface area contributed by atoms with Crippen LogP contribution < -0.4 is 15.4 Å². The van der Waals surface area contributed by atoms with Crippen LogP contribution in [0.25, 0.3) is 0 Å². The molecule has 0 aliphatic carbocycles. The molecule has 0 saturated carbocycles. The Hall–Kier alpha value is -1.63. The number of hydrogen-bond acceptors (Lipinski definition) is 5. The van der Waals surface area contributed by atoms with Gasteiger partial charge in [-0.05, 0) is 56.8 Å². The van der Waals surface area contributed by atoms with E-state index in [4.69, 9.17) is 4.74 Å². The summed E-state index contributed by atoms with van der Waals surface area (Å²) in [7, 11) is 0. The maximum absolute atomic E-state index is 12.8. The summed E-state index contributed by atoms with van der Waals surface area (Å²) in [5.74, 6) is 2.57. The molecule has 0 aromatic heterocycles. The molecule has 1 aromatic rings. The Labute approximate surface area is 174 Å². The molecule has 4 aliphatic rings. The van der Waals surface area contributed by atoms with Crippen molar-refractivity contribution in [1.29, 1.82) is 0 Å². The van der Waals surface area contributed by atoms with Crippen LogP contribution in [0.1, 0.15) is 31.2 Å². The highest BCUT2D eigenvalue weighted by Crippen LogP contribution is 2.38. The van der Waals surface area contributed by atoms with Crippen molar-refractivity contribution in [3.63, 3.8) is 0 Å². The van der Waals surface area contributed by atoms with E-state index in [1.54, 1.807) is 0 Å². The number of amides is 1. The Bertz CT molecular complexity index is 727. The fourth-order valence-corrected chi connectivity index (χ4v) is 6.04. The number of fused-ring (bicyclic) bond motifs is 5. The van der Waals surface area contributed by atoms with Gasteiger partial charge in [0.25, 0.3) is 0 Å². The van der Waals surface area contributed by atoms with Gasteiger partial charge in [-0.2, -0.15) is 0 Å². The number of carbonyl (C=O) groups excluding carboxylic acids is 1. The molecule has 1 amide bonds. The maximum atomic E-state index is 12.8. The summed E-state index contributed by atoms with van der Waals surface area (Å²) < 4.78 is 5.83. The van der Waals surface area contributed by atoms with Gasteiger partial charge in [0, 0.05) is 37.3 Å². The first kappa shape index (κ1) is 19.3. The highest BCUT2D eigenvalue weighted by molar-refractivity contribution is 5.78. The third-order valence-corrected chi connectivity index (χ3v) is 7.43. The molecule has 29 heavy (non-hydrogen) atoms. The van der Waals surface area contributed by atoms with E-state index < -0.39 is 0 Å². The van der Waals surface area contributed by atoms with Crippen LogP contribution in [-0.2, 0) is 11.3 Å². The van der Waals surface area contributed by atoms with Gasteiger partial charge in [0.05, 0.1) is 6.54 Å². The maximum Gasteiger partial charge on any atom is 0.234 e. The van der Waals surface area contributed by atoms with Gasteiger partial charge in [0.2, 0.25) is 5.91 Å². The van der Waals surface area contributed by atoms with Crippen LogP contribution in [0.3, 0.4) is 0 Å². The summed E-state index contributed by atoms with van der Waals surface area (Å²) in [6.07, 6.45) is 5.33. The molecular formula is C23H34N4O2. The summed E-state index contributed by atoms with van der Waals surface area (Å²) in [6, 6.07) is 9.36. The number of nitrogens with zero attached hydrogens (tertiary/aromatic N) is 2. The molecule has 158 valence electrons. The molecule has 0 unspecified atom stereocenters. The molecule has 2 bridgehead atoms. The summed E-state index contributed by atoms with van der Waals surface area (Å²) in [6.45, 7) is 6.91. The van der Waals surface area contributed by atoms with Crippen molar-refractivity contribution >= 4 is 5.91 Å². The minimum Gasteiger partial charge on any atom is -0.492 e. The first-order valence-electron chi connectivity index (χ1n) is 11.4. The fraction of sp³-hybridized carbons (Fsp3) is 0.696. The lowest BCUT2D eigenvalue weighted by molar-refractivity contribution is -0.123. The normalized spacial score (nSPS) is 32.4. The van der Waals surface area contributed by atoms with Crippen LogP contribution in [0, 0.1) is 11.8 Å². The number of carbonyl (C=O) groups is 1. The summed E-state index contributed by atoms with van der Waals surface area (Å²) in [4.78, 5) is 17.7. The van der Waals surface area contributed by atoms with Crippen molar-refractivity contribution in [3.8, 4) is 5.75 Å². The van der Waals surface area contributed by atoms with Crippen LogP contribution in [0.15, 0.2) is 24.3 Å². The van der Waals surface area contributed by atoms with Crippen molar-refractivity contribution in [2.45, 2.75) is 44.3 Å². The first-order chi connectivity index (χ1) is 14.3. The molecule has 5 rings (SSSR count). The SMILES string of the molecule is O=C(CN1CCOc2ccccc2C1)NC[C@H]1[C@@H]2CNC[C@@H](C2)[C@@H]2CCCCN21. The van der Waals surface area contributed by atoms with Crippen LogP contribution in [0.2, 0.25) is 0 Å². The zero-order valence-electron chi connectivity index (χ0n) is 17.3. The molecule has 6 heteroatoms. The lowest BCUT2D eigenvalue weighted by Crippen LogP contribution is -2.65. The van der Waals surface area contributed by atoms with Crippen molar-refractivity contribution in [2.75, 3.05) is 45.9 Å². The number of rotatable bonds is 4. The predicted octanol–water partition coefficient (Wildman–Crippen LogP) is 1.46. The molecule has 6 nitrogen and oxygen atoms in total. The van der Waals surface area contributed by atoms with Crippen molar-refractivity contribution in [1.82, 2.24) is 20.4 Å². The second kappa shape index (κ2) is 8.62. The van der Waals surface area contributed by atoms with Crippen LogP contribution in [0.5, 0.6) is 5.75 Å². The number of benzene rings is 1. The second-order valence-electron chi connectivity index (χ2n) is 9.25. The molecule has 4 heterocycles. The third kappa shape index (κ3) is 4.16. The van der Waals surface area contributed by atoms with Gasteiger partial charge in [-0.1, -0.05) is 24.6 Å². The van der Waals surface area contributed by atoms with E-state index in [1.807, 2.05) is 18.2 Å².